The summed E-state index contributed by atoms with van der Waals surface area (Å²) < 4.78 is 0. The lowest BCUT2D eigenvalue weighted by molar-refractivity contribution is 0.263. The van der Waals surface area contributed by atoms with E-state index in [-0.39, 0.29) is 12.5 Å². The Bertz CT molecular complexity index is 266. The van der Waals surface area contributed by atoms with Crippen LogP contribution in [0.5, 0.6) is 0 Å². The van der Waals surface area contributed by atoms with Gasteiger partial charge in [0.05, 0.1) is 17.3 Å². The Labute approximate surface area is 83.6 Å². The average Bonchev–Trinajstić information content (AvgIpc) is 2.50. The van der Waals surface area contributed by atoms with Crippen molar-refractivity contribution < 1.29 is 5.11 Å². The van der Waals surface area contributed by atoms with Gasteiger partial charge >= 0.3 is 0 Å². The quantitative estimate of drug-likeness (QED) is 0.808. The van der Waals surface area contributed by atoms with Crippen LogP contribution in [0.15, 0.2) is 0 Å². The minimum absolute atomic E-state index is 0.239. The van der Waals surface area contributed by atoms with Crippen molar-refractivity contribution in [2.75, 3.05) is 6.61 Å². The fourth-order valence-corrected chi connectivity index (χ4v) is 2.58. The molecule has 13 heavy (non-hydrogen) atoms. The van der Waals surface area contributed by atoms with Gasteiger partial charge in [0.1, 0.15) is 0 Å². The summed E-state index contributed by atoms with van der Waals surface area (Å²) >= 11 is 1.75. The number of thiazole rings is 1. The highest BCUT2D eigenvalue weighted by molar-refractivity contribution is 7.11. The SMILES string of the molecule is CCc1nc(C)c(C(CC)CO)s1. The maximum atomic E-state index is 9.16. The van der Waals surface area contributed by atoms with Crippen LogP contribution in [0.4, 0.5) is 0 Å². The third-order valence-electron chi connectivity index (χ3n) is 2.26. The van der Waals surface area contributed by atoms with Crippen LogP contribution in [0.2, 0.25) is 0 Å². The van der Waals surface area contributed by atoms with Crippen LogP contribution in [0.25, 0.3) is 0 Å². The Kier molecular flexibility index (Phi) is 3.88. The molecule has 3 heteroatoms. The van der Waals surface area contributed by atoms with Crippen LogP contribution >= 0.6 is 11.3 Å². The molecule has 0 saturated carbocycles. The van der Waals surface area contributed by atoms with Gasteiger partial charge in [0.2, 0.25) is 0 Å². The Morgan fingerprint density at radius 3 is 2.54 bits per heavy atom. The minimum atomic E-state index is 0.239. The van der Waals surface area contributed by atoms with Gasteiger partial charge in [0, 0.05) is 10.8 Å². The summed E-state index contributed by atoms with van der Waals surface area (Å²) in [5, 5.41) is 10.3. The van der Waals surface area contributed by atoms with E-state index in [0.29, 0.717) is 0 Å². The first kappa shape index (κ1) is 10.7. The lowest BCUT2D eigenvalue weighted by Gasteiger charge is -2.08. The van der Waals surface area contributed by atoms with Crippen LogP contribution in [0.3, 0.4) is 0 Å². The predicted molar refractivity (Wildman–Crippen MR) is 56.3 cm³/mol. The summed E-state index contributed by atoms with van der Waals surface area (Å²) in [6.45, 7) is 6.49. The first-order chi connectivity index (χ1) is 6.22. The summed E-state index contributed by atoms with van der Waals surface area (Å²) in [6.07, 6.45) is 1.98. The summed E-state index contributed by atoms with van der Waals surface area (Å²) in [6, 6.07) is 0. The molecule has 0 radical (unpaired) electrons. The molecule has 1 atom stereocenters. The molecule has 0 aliphatic rings. The number of aryl methyl sites for hydroxylation is 2. The highest BCUT2D eigenvalue weighted by Gasteiger charge is 2.15. The molecule has 0 fully saturated rings. The Hall–Kier alpha value is -0.410. The molecule has 0 bridgehead atoms. The molecule has 1 heterocycles. The molecule has 1 rings (SSSR count). The molecule has 1 unspecified atom stereocenters. The van der Waals surface area contributed by atoms with Crippen molar-refractivity contribution in [3.8, 4) is 0 Å². The van der Waals surface area contributed by atoms with Crippen molar-refractivity contribution in [2.45, 2.75) is 39.5 Å². The zero-order valence-electron chi connectivity index (χ0n) is 8.50. The monoisotopic (exact) mass is 199 g/mol. The Balaban J connectivity index is 2.91. The summed E-state index contributed by atoms with van der Waals surface area (Å²) in [5.74, 6) is 0.290. The summed E-state index contributed by atoms with van der Waals surface area (Å²) in [7, 11) is 0. The number of rotatable bonds is 4. The molecule has 74 valence electrons. The topological polar surface area (TPSA) is 33.1 Å². The molecule has 1 aromatic rings. The molecule has 0 spiro atoms. The molecule has 1 aromatic heterocycles. The standard InChI is InChI=1S/C10H17NOS/c1-4-8(6-12)10-7(3)11-9(5-2)13-10/h8,12H,4-6H2,1-3H3. The third-order valence-corrected chi connectivity index (χ3v) is 3.73. The van der Waals surface area contributed by atoms with Gasteiger partial charge in [-0.2, -0.15) is 0 Å². The minimum Gasteiger partial charge on any atom is -0.396 e. The van der Waals surface area contributed by atoms with Crippen molar-refractivity contribution in [3.05, 3.63) is 15.6 Å². The van der Waals surface area contributed by atoms with Gasteiger partial charge in [-0.3, -0.25) is 0 Å². The van der Waals surface area contributed by atoms with Crippen molar-refractivity contribution in [2.24, 2.45) is 0 Å². The average molecular weight is 199 g/mol. The van der Waals surface area contributed by atoms with E-state index in [4.69, 9.17) is 5.11 Å². The van der Waals surface area contributed by atoms with Crippen LogP contribution < -0.4 is 0 Å². The fraction of sp³-hybridized carbons (Fsp3) is 0.700. The number of aliphatic hydroxyl groups is 1. The van der Waals surface area contributed by atoms with Crippen LogP contribution in [0.1, 0.15) is 41.8 Å². The first-order valence-electron chi connectivity index (χ1n) is 4.79. The molecule has 0 aromatic carbocycles. The number of hydrogen-bond donors (Lipinski definition) is 1. The normalized spacial score (nSPS) is 13.2. The van der Waals surface area contributed by atoms with E-state index in [1.807, 2.05) is 6.92 Å². The smallest absolute Gasteiger partial charge is 0.0928 e. The fourth-order valence-electron chi connectivity index (χ4n) is 1.39. The van der Waals surface area contributed by atoms with E-state index in [1.165, 1.54) is 9.88 Å². The van der Waals surface area contributed by atoms with Gasteiger partial charge in [-0.15, -0.1) is 11.3 Å². The molecule has 2 nitrogen and oxygen atoms in total. The van der Waals surface area contributed by atoms with Gasteiger partial charge in [-0.05, 0) is 19.8 Å². The molecular formula is C10H17NOS. The zero-order valence-corrected chi connectivity index (χ0v) is 9.32. The van der Waals surface area contributed by atoms with E-state index in [0.717, 1.165) is 18.5 Å². The lowest BCUT2D eigenvalue weighted by atomic mass is 10.1. The van der Waals surface area contributed by atoms with Crippen LogP contribution in [-0.2, 0) is 6.42 Å². The van der Waals surface area contributed by atoms with Gasteiger partial charge in [-0.1, -0.05) is 13.8 Å². The van der Waals surface area contributed by atoms with Gasteiger partial charge < -0.3 is 5.11 Å². The predicted octanol–water partition coefficient (Wildman–Crippen LogP) is 2.50. The molecule has 0 amide bonds. The zero-order chi connectivity index (χ0) is 9.84. The van der Waals surface area contributed by atoms with Crippen LogP contribution in [-0.4, -0.2) is 16.7 Å². The molecule has 1 N–H and O–H groups in total. The number of nitrogens with zero attached hydrogens (tertiary/aromatic N) is 1. The van der Waals surface area contributed by atoms with E-state index in [9.17, 15) is 0 Å². The van der Waals surface area contributed by atoms with Crippen molar-refractivity contribution in [1.82, 2.24) is 4.98 Å². The molecule has 0 aliphatic heterocycles. The summed E-state index contributed by atoms with van der Waals surface area (Å²) in [5.41, 5.74) is 1.10. The Morgan fingerprint density at radius 2 is 2.15 bits per heavy atom. The number of hydrogen-bond acceptors (Lipinski definition) is 3. The lowest BCUT2D eigenvalue weighted by Crippen LogP contribution is -2.01. The van der Waals surface area contributed by atoms with Crippen molar-refractivity contribution >= 4 is 11.3 Å². The second kappa shape index (κ2) is 4.72. The maximum absolute atomic E-state index is 9.16. The molecular weight excluding hydrogens is 182 g/mol. The molecule has 0 aliphatic carbocycles. The highest BCUT2D eigenvalue weighted by atomic mass is 32.1. The molecule has 0 saturated heterocycles. The second-order valence-electron chi connectivity index (χ2n) is 3.20. The Morgan fingerprint density at radius 1 is 1.46 bits per heavy atom. The summed E-state index contributed by atoms with van der Waals surface area (Å²) in [4.78, 5) is 5.72. The van der Waals surface area contributed by atoms with E-state index in [2.05, 4.69) is 18.8 Å². The van der Waals surface area contributed by atoms with Crippen molar-refractivity contribution in [3.63, 3.8) is 0 Å². The highest BCUT2D eigenvalue weighted by Crippen LogP contribution is 2.28. The van der Waals surface area contributed by atoms with Gasteiger partial charge in [0.25, 0.3) is 0 Å². The maximum Gasteiger partial charge on any atom is 0.0928 e. The van der Waals surface area contributed by atoms with E-state index < -0.39 is 0 Å². The van der Waals surface area contributed by atoms with Gasteiger partial charge in [-0.25, -0.2) is 4.98 Å². The van der Waals surface area contributed by atoms with Crippen molar-refractivity contribution in [1.29, 1.82) is 0 Å². The van der Waals surface area contributed by atoms with Crippen LogP contribution in [0, 0.1) is 6.92 Å². The first-order valence-corrected chi connectivity index (χ1v) is 5.61. The van der Waals surface area contributed by atoms with E-state index >= 15 is 0 Å². The third kappa shape index (κ3) is 2.29. The number of aromatic nitrogens is 1. The largest absolute Gasteiger partial charge is 0.396 e. The van der Waals surface area contributed by atoms with Gasteiger partial charge in [0.15, 0.2) is 0 Å². The number of aliphatic hydroxyl groups excluding tert-OH is 1. The second-order valence-corrected chi connectivity index (χ2v) is 4.31. The van der Waals surface area contributed by atoms with E-state index in [1.54, 1.807) is 11.3 Å².